The summed E-state index contributed by atoms with van der Waals surface area (Å²) in [4.78, 5) is 15.7. The molecule has 1 aliphatic heterocycles. The quantitative estimate of drug-likeness (QED) is 0.477. The van der Waals surface area contributed by atoms with Gasteiger partial charge in [0.15, 0.2) is 6.79 Å². The molecule has 1 aliphatic rings. The molecule has 8 heteroatoms. The second kappa shape index (κ2) is 7.05. The zero-order valence-corrected chi connectivity index (χ0v) is 12.5. The molecule has 0 N–H and O–H groups in total. The zero-order valence-electron chi connectivity index (χ0n) is 12.5. The average Bonchev–Trinajstić information content (AvgIpc) is 2.59. The topological polar surface area (TPSA) is 83.2 Å². The summed E-state index contributed by atoms with van der Waals surface area (Å²) >= 11 is 0. The first-order valence-electron chi connectivity index (χ1n) is 7.05. The van der Waals surface area contributed by atoms with Crippen molar-refractivity contribution in [2.75, 3.05) is 6.79 Å². The van der Waals surface area contributed by atoms with Crippen molar-refractivity contribution in [2.45, 2.75) is 13.2 Å². The largest absolute Gasteiger partial charge is 0.467 e. The number of nitro benzene ring substituents is 1. The Kier molecular flexibility index (Phi) is 4.66. The fourth-order valence-electron chi connectivity index (χ4n) is 2.25. The second-order valence-electron chi connectivity index (χ2n) is 5.02. The van der Waals surface area contributed by atoms with E-state index in [2.05, 4.69) is 5.16 Å². The van der Waals surface area contributed by atoms with Gasteiger partial charge in [-0.1, -0.05) is 17.3 Å². The lowest BCUT2D eigenvalue weighted by atomic mass is 10.1. The van der Waals surface area contributed by atoms with E-state index < -0.39 is 4.92 Å². The summed E-state index contributed by atoms with van der Waals surface area (Å²) in [6.45, 7) is 0.321. The molecule has 24 heavy (non-hydrogen) atoms. The molecule has 3 rings (SSSR count). The van der Waals surface area contributed by atoms with E-state index in [0.717, 1.165) is 0 Å². The molecular formula is C16H13FN2O5. The number of rotatable bonds is 5. The second-order valence-corrected chi connectivity index (χ2v) is 5.02. The van der Waals surface area contributed by atoms with Crippen LogP contribution in [0.5, 0.6) is 5.75 Å². The third kappa shape index (κ3) is 3.66. The van der Waals surface area contributed by atoms with Crippen LogP contribution in [0.25, 0.3) is 0 Å². The number of benzene rings is 2. The molecule has 124 valence electrons. The van der Waals surface area contributed by atoms with Crippen molar-refractivity contribution in [3.05, 3.63) is 69.0 Å². The highest BCUT2D eigenvalue weighted by Gasteiger charge is 2.21. The Balaban J connectivity index is 1.73. The molecule has 0 bridgehead atoms. The summed E-state index contributed by atoms with van der Waals surface area (Å²) in [6, 6.07) is 8.53. The Bertz CT molecular complexity index is 777. The minimum absolute atomic E-state index is 0.00169. The minimum Gasteiger partial charge on any atom is -0.467 e. The van der Waals surface area contributed by atoms with Gasteiger partial charge in [0.25, 0.3) is 5.69 Å². The zero-order chi connectivity index (χ0) is 16.9. The third-order valence-electron chi connectivity index (χ3n) is 3.35. The number of nitro groups is 1. The van der Waals surface area contributed by atoms with Crippen molar-refractivity contribution in [3.8, 4) is 5.75 Å². The molecule has 2 aromatic rings. The van der Waals surface area contributed by atoms with E-state index in [-0.39, 0.29) is 31.5 Å². The van der Waals surface area contributed by atoms with Crippen LogP contribution in [0.3, 0.4) is 0 Å². The highest BCUT2D eigenvalue weighted by molar-refractivity contribution is 5.78. The number of hydrogen-bond acceptors (Lipinski definition) is 6. The summed E-state index contributed by atoms with van der Waals surface area (Å²) in [6.07, 6.45) is 1.42. The van der Waals surface area contributed by atoms with Gasteiger partial charge in [-0.25, -0.2) is 4.39 Å². The van der Waals surface area contributed by atoms with Crippen molar-refractivity contribution in [3.63, 3.8) is 0 Å². The first-order chi connectivity index (χ1) is 11.6. The molecule has 0 atom stereocenters. The van der Waals surface area contributed by atoms with Crippen molar-refractivity contribution < 1.29 is 23.6 Å². The van der Waals surface area contributed by atoms with Gasteiger partial charge in [-0.2, -0.15) is 0 Å². The van der Waals surface area contributed by atoms with Crippen LogP contribution < -0.4 is 4.74 Å². The number of halogens is 1. The van der Waals surface area contributed by atoms with E-state index in [4.69, 9.17) is 14.3 Å². The summed E-state index contributed by atoms with van der Waals surface area (Å²) in [5.41, 5.74) is 1.71. The number of non-ortho nitro benzene ring substituents is 1. The fourth-order valence-corrected chi connectivity index (χ4v) is 2.25. The van der Waals surface area contributed by atoms with Crippen LogP contribution >= 0.6 is 0 Å². The Morgan fingerprint density at radius 3 is 2.88 bits per heavy atom. The van der Waals surface area contributed by atoms with Gasteiger partial charge in [0, 0.05) is 23.3 Å². The minimum atomic E-state index is -0.486. The van der Waals surface area contributed by atoms with Gasteiger partial charge in [-0.05, 0) is 17.7 Å². The van der Waals surface area contributed by atoms with Gasteiger partial charge in [0.05, 0.1) is 17.7 Å². The van der Waals surface area contributed by atoms with Gasteiger partial charge < -0.3 is 14.3 Å². The van der Waals surface area contributed by atoms with E-state index in [1.807, 2.05) is 0 Å². The predicted molar refractivity (Wildman–Crippen MR) is 82.2 cm³/mol. The fraction of sp³-hybridized carbons (Fsp3) is 0.188. The number of ether oxygens (including phenoxy) is 2. The standard InChI is InChI=1S/C16H13FN2O5/c17-14-3-1-11(2-4-14)7-18-24-9-13-6-15(19(20)21)5-12-8-22-10-23-16(12)13/h1-7H,8-10H2/b18-7+. The van der Waals surface area contributed by atoms with Crippen molar-refractivity contribution >= 4 is 11.9 Å². The average molecular weight is 332 g/mol. The Labute approximate surface area is 136 Å². The first-order valence-corrected chi connectivity index (χ1v) is 7.05. The summed E-state index contributed by atoms with van der Waals surface area (Å²) in [5, 5.41) is 14.8. The molecule has 1 heterocycles. The monoisotopic (exact) mass is 332 g/mol. The van der Waals surface area contributed by atoms with E-state index in [1.165, 1.54) is 30.5 Å². The van der Waals surface area contributed by atoms with Crippen LogP contribution in [0.4, 0.5) is 10.1 Å². The molecule has 0 aromatic heterocycles. The number of oxime groups is 1. The van der Waals surface area contributed by atoms with Crippen molar-refractivity contribution in [2.24, 2.45) is 5.16 Å². The van der Waals surface area contributed by atoms with E-state index in [9.17, 15) is 14.5 Å². The van der Waals surface area contributed by atoms with E-state index in [0.29, 0.717) is 22.4 Å². The van der Waals surface area contributed by atoms with Gasteiger partial charge in [-0.3, -0.25) is 10.1 Å². The molecule has 0 aliphatic carbocycles. The van der Waals surface area contributed by atoms with Crippen LogP contribution in [0.15, 0.2) is 41.6 Å². The summed E-state index contributed by atoms with van der Waals surface area (Å²) in [5.74, 6) is 0.180. The molecule has 0 unspecified atom stereocenters. The summed E-state index contributed by atoms with van der Waals surface area (Å²) < 4.78 is 23.3. The van der Waals surface area contributed by atoms with Crippen LogP contribution in [0.2, 0.25) is 0 Å². The van der Waals surface area contributed by atoms with Gasteiger partial charge in [0.1, 0.15) is 18.2 Å². The van der Waals surface area contributed by atoms with Crippen LogP contribution in [0.1, 0.15) is 16.7 Å². The molecular weight excluding hydrogens is 319 g/mol. The smallest absolute Gasteiger partial charge is 0.270 e. The number of hydrogen-bond donors (Lipinski definition) is 0. The lowest BCUT2D eigenvalue weighted by molar-refractivity contribution is -0.385. The molecule has 2 aromatic carbocycles. The maximum absolute atomic E-state index is 12.8. The predicted octanol–water partition coefficient (Wildman–Crippen LogP) is 3.15. The number of fused-ring (bicyclic) bond motifs is 1. The van der Waals surface area contributed by atoms with Crippen LogP contribution in [0, 0.1) is 15.9 Å². The Morgan fingerprint density at radius 1 is 1.33 bits per heavy atom. The van der Waals surface area contributed by atoms with Gasteiger partial charge in [-0.15, -0.1) is 0 Å². The SMILES string of the molecule is O=[N+]([O-])c1cc2c(c(CO/N=C/c3ccc(F)cc3)c1)OCOC2. The van der Waals surface area contributed by atoms with E-state index in [1.54, 1.807) is 12.1 Å². The van der Waals surface area contributed by atoms with Gasteiger partial charge in [0.2, 0.25) is 0 Å². The van der Waals surface area contributed by atoms with Gasteiger partial charge >= 0.3 is 0 Å². The third-order valence-corrected chi connectivity index (χ3v) is 3.35. The molecule has 0 fully saturated rings. The molecule has 0 radical (unpaired) electrons. The lowest BCUT2D eigenvalue weighted by Crippen LogP contribution is -2.13. The highest BCUT2D eigenvalue weighted by atomic mass is 19.1. The lowest BCUT2D eigenvalue weighted by Gasteiger charge is -2.19. The number of nitrogens with zero attached hydrogens (tertiary/aromatic N) is 2. The Morgan fingerprint density at radius 2 is 2.12 bits per heavy atom. The highest BCUT2D eigenvalue weighted by Crippen LogP contribution is 2.33. The van der Waals surface area contributed by atoms with Crippen LogP contribution in [-0.2, 0) is 22.8 Å². The van der Waals surface area contributed by atoms with Crippen molar-refractivity contribution in [1.82, 2.24) is 0 Å². The molecule has 7 nitrogen and oxygen atoms in total. The maximum atomic E-state index is 12.8. The Hall–Kier alpha value is -3.00. The van der Waals surface area contributed by atoms with E-state index >= 15 is 0 Å². The normalized spacial score (nSPS) is 13.4. The molecule has 0 saturated heterocycles. The molecule has 0 amide bonds. The summed E-state index contributed by atoms with van der Waals surface area (Å²) in [7, 11) is 0. The van der Waals surface area contributed by atoms with Crippen molar-refractivity contribution in [1.29, 1.82) is 0 Å². The molecule has 0 spiro atoms. The maximum Gasteiger partial charge on any atom is 0.270 e. The van der Waals surface area contributed by atoms with Crippen LogP contribution in [-0.4, -0.2) is 17.9 Å². The molecule has 0 saturated carbocycles. The first kappa shape index (κ1) is 15.9.